The van der Waals surface area contributed by atoms with E-state index < -0.39 is 12.2 Å². The van der Waals surface area contributed by atoms with Gasteiger partial charge in [0.25, 0.3) is 0 Å². The van der Waals surface area contributed by atoms with Crippen LogP contribution in [0.15, 0.2) is 0 Å². The fourth-order valence-corrected chi connectivity index (χ4v) is 1.23. The van der Waals surface area contributed by atoms with Crippen molar-refractivity contribution in [3.8, 4) is 0 Å². The molecule has 0 saturated carbocycles. The molecule has 0 heterocycles. The number of nitrogens with two attached hydrogens (primary N) is 2. The van der Waals surface area contributed by atoms with E-state index in [0.29, 0.717) is 26.2 Å². The smallest absolute Gasteiger partial charge is 0.0935 e. The highest BCUT2D eigenvalue weighted by Crippen LogP contribution is 1.91. The minimum Gasteiger partial charge on any atom is -0.389 e. The van der Waals surface area contributed by atoms with Gasteiger partial charge in [0.1, 0.15) is 0 Å². The third-order valence-electron chi connectivity index (χ3n) is 2.27. The van der Waals surface area contributed by atoms with Gasteiger partial charge < -0.3 is 32.3 Å². The molecule has 0 saturated heterocycles. The molecule has 0 fully saturated rings. The minimum absolute atomic E-state index is 0.389. The Bertz CT molecular complexity index is 133. The summed E-state index contributed by atoms with van der Waals surface area (Å²) in [4.78, 5) is 0. The number of hydrogen-bond donors (Lipinski definition) is 6. The lowest BCUT2D eigenvalue weighted by atomic mass is 10.2. The van der Waals surface area contributed by atoms with E-state index >= 15 is 0 Å². The van der Waals surface area contributed by atoms with Gasteiger partial charge in [0, 0.05) is 13.1 Å². The van der Waals surface area contributed by atoms with E-state index in [2.05, 4.69) is 10.6 Å². The molecule has 0 aliphatic carbocycles. The van der Waals surface area contributed by atoms with Gasteiger partial charge in [-0.2, -0.15) is 0 Å². The lowest BCUT2D eigenvalue weighted by Crippen LogP contribution is -2.42. The molecule has 6 heteroatoms. The fourth-order valence-electron chi connectivity index (χ4n) is 1.23. The number of rotatable bonds is 11. The van der Waals surface area contributed by atoms with Crippen molar-refractivity contribution in [2.45, 2.75) is 25.0 Å². The molecule has 98 valence electrons. The highest BCUT2D eigenvalue weighted by atomic mass is 16.3. The zero-order chi connectivity index (χ0) is 12.2. The van der Waals surface area contributed by atoms with E-state index in [-0.39, 0.29) is 0 Å². The van der Waals surface area contributed by atoms with Crippen LogP contribution in [0.5, 0.6) is 0 Å². The molecule has 8 N–H and O–H groups in total. The van der Waals surface area contributed by atoms with Crippen LogP contribution >= 0.6 is 0 Å². The molecule has 2 atom stereocenters. The zero-order valence-electron chi connectivity index (χ0n) is 9.86. The predicted octanol–water partition coefficient (Wildman–Crippen LogP) is -2.41. The summed E-state index contributed by atoms with van der Waals surface area (Å²) in [5, 5.41) is 25.2. The summed E-state index contributed by atoms with van der Waals surface area (Å²) < 4.78 is 0. The molecule has 0 amide bonds. The van der Waals surface area contributed by atoms with Crippen molar-refractivity contribution < 1.29 is 10.2 Å². The largest absolute Gasteiger partial charge is 0.389 e. The second kappa shape index (κ2) is 11.3. The lowest BCUT2D eigenvalue weighted by molar-refractivity contribution is 0.0211. The summed E-state index contributed by atoms with van der Waals surface area (Å²) in [5.41, 5.74) is 10.7. The Morgan fingerprint density at radius 2 is 1.19 bits per heavy atom. The first-order valence-electron chi connectivity index (χ1n) is 5.90. The molecule has 0 aromatic heterocycles. The molecular formula is C10H26N4O2. The van der Waals surface area contributed by atoms with Gasteiger partial charge in [-0.05, 0) is 39.0 Å². The Morgan fingerprint density at radius 3 is 1.50 bits per heavy atom. The van der Waals surface area contributed by atoms with Crippen molar-refractivity contribution in [1.82, 2.24) is 10.6 Å². The van der Waals surface area contributed by atoms with Gasteiger partial charge in [0.2, 0.25) is 0 Å². The minimum atomic E-state index is -0.747. The Morgan fingerprint density at radius 1 is 0.812 bits per heavy atom. The van der Waals surface area contributed by atoms with Gasteiger partial charge in [-0.25, -0.2) is 0 Å². The van der Waals surface area contributed by atoms with Crippen LogP contribution in [-0.4, -0.2) is 61.7 Å². The van der Waals surface area contributed by atoms with Crippen LogP contribution in [0.2, 0.25) is 0 Å². The molecule has 0 bridgehead atoms. The quantitative estimate of drug-likeness (QED) is 0.222. The number of aliphatic hydroxyl groups is 2. The fraction of sp³-hybridized carbons (Fsp3) is 1.00. The van der Waals surface area contributed by atoms with Crippen LogP contribution < -0.4 is 22.1 Å². The van der Waals surface area contributed by atoms with Crippen molar-refractivity contribution in [3.63, 3.8) is 0 Å². The van der Waals surface area contributed by atoms with E-state index in [1.165, 1.54) is 0 Å². The van der Waals surface area contributed by atoms with Crippen molar-refractivity contribution in [1.29, 1.82) is 0 Å². The van der Waals surface area contributed by atoms with Crippen molar-refractivity contribution in [2.75, 3.05) is 39.3 Å². The average Bonchev–Trinajstić information content (AvgIpc) is 2.29. The van der Waals surface area contributed by atoms with Crippen LogP contribution in [0.4, 0.5) is 0 Å². The second-order valence-corrected chi connectivity index (χ2v) is 3.83. The monoisotopic (exact) mass is 234 g/mol. The lowest BCUT2D eigenvalue weighted by Gasteiger charge is -2.18. The Balaban J connectivity index is 3.38. The van der Waals surface area contributed by atoms with E-state index in [4.69, 9.17) is 11.5 Å². The van der Waals surface area contributed by atoms with Gasteiger partial charge in [-0.15, -0.1) is 0 Å². The summed E-state index contributed by atoms with van der Waals surface area (Å²) in [6.45, 7) is 3.57. The second-order valence-electron chi connectivity index (χ2n) is 3.83. The summed E-state index contributed by atoms with van der Waals surface area (Å²) in [6, 6.07) is 0. The Hall–Kier alpha value is -0.240. The molecular weight excluding hydrogens is 208 g/mol. The molecule has 6 nitrogen and oxygen atoms in total. The standard InChI is InChI=1S/C10H26N4O2/c11-3-1-5-13-7-9(15)10(16)8-14-6-2-4-12/h9-10,13-16H,1-8,11-12H2/t9-,10+. The summed E-state index contributed by atoms with van der Waals surface area (Å²) >= 11 is 0. The summed E-state index contributed by atoms with van der Waals surface area (Å²) in [6.07, 6.45) is 0.251. The molecule has 0 radical (unpaired) electrons. The van der Waals surface area contributed by atoms with Gasteiger partial charge >= 0.3 is 0 Å². The van der Waals surface area contributed by atoms with Crippen LogP contribution in [0.1, 0.15) is 12.8 Å². The summed E-state index contributed by atoms with van der Waals surface area (Å²) in [7, 11) is 0. The van der Waals surface area contributed by atoms with E-state index in [1.807, 2.05) is 0 Å². The zero-order valence-corrected chi connectivity index (χ0v) is 9.86. The Labute approximate surface area is 97.4 Å². The van der Waals surface area contributed by atoms with Gasteiger partial charge in [-0.1, -0.05) is 0 Å². The molecule has 0 aromatic rings. The number of aliphatic hydroxyl groups excluding tert-OH is 2. The molecule has 16 heavy (non-hydrogen) atoms. The normalized spacial score (nSPS) is 15.0. The van der Waals surface area contributed by atoms with Gasteiger partial charge in [0.15, 0.2) is 0 Å². The number of nitrogens with one attached hydrogen (secondary N) is 2. The molecule has 0 aliphatic heterocycles. The van der Waals surface area contributed by atoms with Crippen LogP contribution in [0.25, 0.3) is 0 Å². The highest BCUT2D eigenvalue weighted by Gasteiger charge is 2.14. The van der Waals surface area contributed by atoms with Crippen molar-refractivity contribution in [3.05, 3.63) is 0 Å². The van der Waals surface area contributed by atoms with E-state index in [1.54, 1.807) is 0 Å². The molecule has 0 spiro atoms. The van der Waals surface area contributed by atoms with E-state index in [0.717, 1.165) is 25.9 Å². The highest BCUT2D eigenvalue weighted by molar-refractivity contribution is 4.71. The van der Waals surface area contributed by atoms with Crippen LogP contribution in [-0.2, 0) is 0 Å². The number of hydrogen-bond acceptors (Lipinski definition) is 6. The predicted molar refractivity (Wildman–Crippen MR) is 65.1 cm³/mol. The third kappa shape index (κ3) is 9.02. The van der Waals surface area contributed by atoms with Gasteiger partial charge in [0.05, 0.1) is 12.2 Å². The third-order valence-corrected chi connectivity index (χ3v) is 2.27. The molecule has 0 aromatic carbocycles. The first-order chi connectivity index (χ1) is 7.72. The SMILES string of the molecule is NCCCNC[C@@H](O)[C@@H](O)CNCCCN. The maximum atomic E-state index is 9.57. The van der Waals surface area contributed by atoms with Crippen molar-refractivity contribution >= 4 is 0 Å². The van der Waals surface area contributed by atoms with Crippen LogP contribution in [0, 0.1) is 0 Å². The summed E-state index contributed by atoms with van der Waals surface area (Å²) in [5.74, 6) is 0. The maximum Gasteiger partial charge on any atom is 0.0935 e. The Kier molecular flexibility index (Phi) is 11.1. The van der Waals surface area contributed by atoms with Crippen LogP contribution in [0.3, 0.4) is 0 Å². The topological polar surface area (TPSA) is 117 Å². The van der Waals surface area contributed by atoms with Gasteiger partial charge in [-0.3, -0.25) is 0 Å². The first kappa shape index (κ1) is 15.8. The van der Waals surface area contributed by atoms with E-state index in [9.17, 15) is 10.2 Å². The molecule has 0 unspecified atom stereocenters. The maximum absolute atomic E-state index is 9.57. The molecule has 0 rings (SSSR count). The average molecular weight is 234 g/mol. The van der Waals surface area contributed by atoms with Crippen molar-refractivity contribution in [2.24, 2.45) is 11.5 Å². The first-order valence-corrected chi connectivity index (χ1v) is 5.90. The molecule has 0 aliphatic rings.